The molecule has 7 heteroatoms. The smallest absolute Gasteiger partial charge is 0.331 e. The minimum absolute atomic E-state index is 0.408. The van der Waals surface area contributed by atoms with Crippen LogP contribution in [0.1, 0.15) is 5.56 Å². The molecule has 136 valence electrons. The summed E-state index contributed by atoms with van der Waals surface area (Å²) < 4.78 is 27.9. The molecule has 2 rings (SSSR count). The van der Waals surface area contributed by atoms with Crippen LogP contribution in [0.25, 0.3) is 6.08 Å². The summed E-state index contributed by atoms with van der Waals surface area (Å²) in [6, 6.07) is 10.4. The van der Waals surface area contributed by atoms with Gasteiger partial charge in [-0.25, -0.2) is 9.18 Å². The summed E-state index contributed by atoms with van der Waals surface area (Å²) in [5, 5.41) is 2.49. The van der Waals surface area contributed by atoms with Crippen molar-refractivity contribution >= 4 is 23.6 Å². The van der Waals surface area contributed by atoms with E-state index in [0.29, 0.717) is 22.7 Å². The van der Waals surface area contributed by atoms with Crippen molar-refractivity contribution in [3.05, 3.63) is 59.9 Å². The monoisotopic (exact) mass is 359 g/mol. The third-order valence-electron chi connectivity index (χ3n) is 3.29. The highest BCUT2D eigenvalue weighted by Crippen LogP contribution is 2.27. The topological polar surface area (TPSA) is 73.9 Å². The van der Waals surface area contributed by atoms with Crippen molar-refractivity contribution in [3.63, 3.8) is 0 Å². The van der Waals surface area contributed by atoms with Crippen LogP contribution in [0, 0.1) is 5.82 Å². The van der Waals surface area contributed by atoms with Crippen LogP contribution in [0.3, 0.4) is 0 Å². The number of methoxy groups -OCH3 is 2. The van der Waals surface area contributed by atoms with E-state index >= 15 is 0 Å². The van der Waals surface area contributed by atoms with Gasteiger partial charge in [0, 0.05) is 11.8 Å². The van der Waals surface area contributed by atoms with Crippen LogP contribution in [0.5, 0.6) is 11.5 Å². The fourth-order valence-corrected chi connectivity index (χ4v) is 2.04. The Hall–Kier alpha value is -3.35. The Balaban J connectivity index is 1.85. The summed E-state index contributed by atoms with van der Waals surface area (Å²) in [7, 11) is 3.04. The van der Waals surface area contributed by atoms with Crippen LogP contribution in [-0.2, 0) is 14.3 Å². The maximum absolute atomic E-state index is 12.8. The second-order valence-electron chi connectivity index (χ2n) is 5.11. The molecule has 0 saturated carbocycles. The lowest BCUT2D eigenvalue weighted by Crippen LogP contribution is -2.20. The van der Waals surface area contributed by atoms with Crippen molar-refractivity contribution in [1.29, 1.82) is 0 Å². The van der Waals surface area contributed by atoms with Gasteiger partial charge in [-0.15, -0.1) is 0 Å². The number of rotatable bonds is 7. The van der Waals surface area contributed by atoms with Crippen molar-refractivity contribution in [2.75, 3.05) is 26.1 Å². The third kappa shape index (κ3) is 5.62. The lowest BCUT2D eigenvalue weighted by molar-refractivity contribution is -0.142. The number of nitrogens with one attached hydrogen (secondary N) is 1. The molecule has 0 aliphatic heterocycles. The molecule has 0 aliphatic carbocycles. The Labute approximate surface area is 150 Å². The number of esters is 1. The molecule has 1 amide bonds. The van der Waals surface area contributed by atoms with E-state index in [-0.39, 0.29) is 0 Å². The first kappa shape index (κ1) is 19.0. The van der Waals surface area contributed by atoms with Crippen molar-refractivity contribution in [2.45, 2.75) is 0 Å². The average molecular weight is 359 g/mol. The summed E-state index contributed by atoms with van der Waals surface area (Å²) in [5.41, 5.74) is 1.11. The zero-order chi connectivity index (χ0) is 18.9. The molecular weight excluding hydrogens is 341 g/mol. The number of anilines is 1. The number of benzene rings is 2. The van der Waals surface area contributed by atoms with Crippen LogP contribution >= 0.6 is 0 Å². The molecule has 0 bridgehead atoms. The maximum Gasteiger partial charge on any atom is 0.331 e. The number of amides is 1. The van der Waals surface area contributed by atoms with Gasteiger partial charge in [-0.05, 0) is 48.0 Å². The van der Waals surface area contributed by atoms with Crippen LogP contribution < -0.4 is 14.8 Å². The summed E-state index contributed by atoms with van der Waals surface area (Å²) in [6.07, 6.45) is 2.73. The van der Waals surface area contributed by atoms with Crippen LogP contribution in [0.4, 0.5) is 10.1 Å². The SMILES string of the molecule is COc1ccc(C=CC(=O)OCC(=O)Nc2ccc(F)cc2)cc1OC. The summed E-state index contributed by atoms with van der Waals surface area (Å²) >= 11 is 0. The molecule has 6 nitrogen and oxygen atoms in total. The standard InChI is InChI=1S/C19H18FNO5/c1-24-16-9-3-13(11-17(16)25-2)4-10-19(23)26-12-18(22)21-15-7-5-14(20)6-8-15/h3-11H,12H2,1-2H3,(H,21,22). The van der Waals surface area contributed by atoms with Gasteiger partial charge < -0.3 is 19.5 Å². The van der Waals surface area contributed by atoms with Gasteiger partial charge in [0.2, 0.25) is 0 Å². The molecule has 0 saturated heterocycles. The van der Waals surface area contributed by atoms with E-state index in [9.17, 15) is 14.0 Å². The molecule has 0 atom stereocenters. The highest BCUT2D eigenvalue weighted by molar-refractivity contribution is 5.94. The molecule has 1 N–H and O–H groups in total. The van der Waals surface area contributed by atoms with Crippen molar-refractivity contribution < 1.29 is 28.2 Å². The van der Waals surface area contributed by atoms with Gasteiger partial charge in [0.25, 0.3) is 5.91 Å². The van der Waals surface area contributed by atoms with E-state index in [1.807, 2.05) is 0 Å². The molecule has 26 heavy (non-hydrogen) atoms. The van der Waals surface area contributed by atoms with Crippen molar-refractivity contribution in [3.8, 4) is 11.5 Å². The predicted octanol–water partition coefficient (Wildman–Crippen LogP) is 3.04. The fraction of sp³-hybridized carbons (Fsp3) is 0.158. The normalized spacial score (nSPS) is 10.4. The molecule has 2 aromatic carbocycles. The Bertz CT molecular complexity index is 802. The lowest BCUT2D eigenvalue weighted by Gasteiger charge is -2.07. The molecule has 0 aliphatic rings. The number of ether oxygens (including phenoxy) is 3. The molecule has 2 aromatic rings. The summed E-state index contributed by atoms with van der Waals surface area (Å²) in [6.45, 7) is -0.452. The van der Waals surface area contributed by atoms with E-state index in [4.69, 9.17) is 14.2 Å². The van der Waals surface area contributed by atoms with Crippen LogP contribution in [0.2, 0.25) is 0 Å². The second kappa shape index (κ2) is 9.22. The van der Waals surface area contributed by atoms with E-state index < -0.39 is 24.3 Å². The van der Waals surface area contributed by atoms with Gasteiger partial charge in [-0.1, -0.05) is 6.07 Å². The molecule has 0 unspecified atom stereocenters. The molecule has 0 spiro atoms. The number of halogens is 1. The predicted molar refractivity (Wildman–Crippen MR) is 94.6 cm³/mol. The molecule has 0 radical (unpaired) electrons. The average Bonchev–Trinajstić information content (AvgIpc) is 2.66. The van der Waals surface area contributed by atoms with Gasteiger partial charge in [-0.2, -0.15) is 0 Å². The minimum Gasteiger partial charge on any atom is -0.493 e. The van der Waals surface area contributed by atoms with Crippen LogP contribution in [0.15, 0.2) is 48.5 Å². The largest absolute Gasteiger partial charge is 0.493 e. The number of carbonyl (C=O) groups excluding carboxylic acids is 2. The summed E-state index contributed by atoms with van der Waals surface area (Å²) in [4.78, 5) is 23.4. The zero-order valence-corrected chi connectivity index (χ0v) is 14.3. The zero-order valence-electron chi connectivity index (χ0n) is 14.3. The first-order valence-corrected chi connectivity index (χ1v) is 7.64. The van der Waals surface area contributed by atoms with Crippen molar-refractivity contribution in [1.82, 2.24) is 0 Å². The Morgan fingerprint density at radius 2 is 1.73 bits per heavy atom. The van der Waals surface area contributed by atoms with E-state index in [1.54, 1.807) is 18.2 Å². The van der Waals surface area contributed by atoms with Gasteiger partial charge in [0.05, 0.1) is 14.2 Å². The number of hydrogen-bond donors (Lipinski definition) is 1. The quantitative estimate of drug-likeness (QED) is 0.608. The number of hydrogen-bond acceptors (Lipinski definition) is 5. The highest BCUT2D eigenvalue weighted by atomic mass is 19.1. The second-order valence-corrected chi connectivity index (χ2v) is 5.11. The third-order valence-corrected chi connectivity index (χ3v) is 3.29. The van der Waals surface area contributed by atoms with Gasteiger partial charge >= 0.3 is 5.97 Å². The Kier molecular flexibility index (Phi) is 6.73. The lowest BCUT2D eigenvalue weighted by atomic mass is 10.2. The van der Waals surface area contributed by atoms with Crippen molar-refractivity contribution in [2.24, 2.45) is 0 Å². The molecule has 0 aromatic heterocycles. The highest BCUT2D eigenvalue weighted by Gasteiger charge is 2.07. The minimum atomic E-state index is -0.672. The Morgan fingerprint density at radius 1 is 1.04 bits per heavy atom. The molecule has 0 fully saturated rings. The Morgan fingerprint density at radius 3 is 2.38 bits per heavy atom. The first-order valence-electron chi connectivity index (χ1n) is 7.64. The first-order chi connectivity index (χ1) is 12.5. The molecular formula is C19H18FNO5. The summed E-state index contributed by atoms with van der Waals surface area (Å²) in [5.74, 6) is -0.500. The number of carbonyl (C=O) groups is 2. The van der Waals surface area contributed by atoms with Gasteiger partial charge in [0.15, 0.2) is 18.1 Å². The van der Waals surface area contributed by atoms with E-state index in [0.717, 1.165) is 0 Å². The van der Waals surface area contributed by atoms with E-state index in [1.165, 1.54) is 50.6 Å². The van der Waals surface area contributed by atoms with Gasteiger partial charge in [0.1, 0.15) is 5.82 Å². The van der Waals surface area contributed by atoms with Crippen LogP contribution in [-0.4, -0.2) is 32.7 Å². The fourth-order valence-electron chi connectivity index (χ4n) is 2.04. The molecule has 0 heterocycles. The van der Waals surface area contributed by atoms with E-state index in [2.05, 4.69) is 5.32 Å². The maximum atomic E-state index is 12.8. The van der Waals surface area contributed by atoms with Gasteiger partial charge in [-0.3, -0.25) is 4.79 Å².